The van der Waals surface area contributed by atoms with Crippen LogP contribution in [0.15, 0.2) is 72.8 Å². The molecule has 6 nitrogen and oxygen atoms in total. The van der Waals surface area contributed by atoms with E-state index in [0.29, 0.717) is 34.1 Å². The van der Waals surface area contributed by atoms with Crippen LogP contribution in [0.4, 0.5) is 0 Å². The molecule has 0 aliphatic carbocycles. The molecule has 7 heteroatoms. The van der Waals surface area contributed by atoms with Crippen LogP contribution in [0.3, 0.4) is 0 Å². The predicted octanol–water partition coefficient (Wildman–Crippen LogP) is 4.16. The van der Waals surface area contributed by atoms with E-state index in [1.165, 1.54) is 4.90 Å². The molecule has 2 amide bonds. The number of hydrogen-bond acceptors (Lipinski definition) is 5. The molecule has 3 aromatic carbocycles. The van der Waals surface area contributed by atoms with Gasteiger partial charge in [0.25, 0.3) is 11.8 Å². The Morgan fingerprint density at radius 1 is 0.806 bits per heavy atom. The second-order valence-electron chi connectivity index (χ2n) is 6.92. The quantitative estimate of drug-likeness (QED) is 0.316. The number of nitrogens with zero attached hydrogens (tertiary/aromatic N) is 1. The summed E-state index contributed by atoms with van der Waals surface area (Å²) in [5.74, 6) is -0.175. The van der Waals surface area contributed by atoms with Crippen LogP contribution in [0.1, 0.15) is 26.3 Å². The summed E-state index contributed by atoms with van der Waals surface area (Å²) < 4.78 is 10.6. The van der Waals surface area contributed by atoms with Crippen molar-refractivity contribution in [3.05, 3.63) is 94.5 Å². The Bertz CT molecular complexity index is 1090. The molecule has 3 aromatic rings. The monoisotopic (exact) mass is 435 g/mol. The zero-order valence-electron chi connectivity index (χ0n) is 16.4. The number of ether oxygens (including phenoxy) is 2. The normalized spacial score (nSPS) is 12.6. The van der Waals surface area contributed by atoms with Crippen LogP contribution in [0, 0.1) is 0 Å². The molecule has 0 fully saturated rings. The lowest BCUT2D eigenvalue weighted by Gasteiger charge is -2.14. The van der Waals surface area contributed by atoms with Gasteiger partial charge in [-0.3, -0.25) is 14.5 Å². The molecular weight excluding hydrogens is 418 g/mol. The first kappa shape index (κ1) is 20.6. The van der Waals surface area contributed by atoms with Gasteiger partial charge in [-0.2, -0.15) is 0 Å². The van der Waals surface area contributed by atoms with Crippen LogP contribution < -0.4 is 9.47 Å². The van der Waals surface area contributed by atoms with Crippen molar-refractivity contribution in [3.63, 3.8) is 0 Å². The van der Waals surface area contributed by atoms with Gasteiger partial charge in [-0.1, -0.05) is 35.9 Å². The smallest absolute Gasteiger partial charge is 0.349 e. The maximum atomic E-state index is 12.4. The van der Waals surface area contributed by atoms with E-state index in [9.17, 15) is 14.4 Å². The summed E-state index contributed by atoms with van der Waals surface area (Å²) in [5, 5.41) is 0.581. The molecule has 156 valence electrons. The van der Waals surface area contributed by atoms with Gasteiger partial charge in [-0.15, -0.1) is 0 Å². The van der Waals surface area contributed by atoms with Crippen molar-refractivity contribution in [2.75, 3.05) is 13.2 Å². The zero-order valence-corrected chi connectivity index (χ0v) is 17.2. The lowest BCUT2D eigenvalue weighted by molar-refractivity contribution is -0.136. The van der Waals surface area contributed by atoms with Crippen molar-refractivity contribution in [2.45, 2.75) is 6.42 Å². The molecular formula is C24H18ClNO5. The maximum Gasteiger partial charge on any atom is 0.349 e. The predicted molar refractivity (Wildman–Crippen MR) is 115 cm³/mol. The highest BCUT2D eigenvalue weighted by Crippen LogP contribution is 2.23. The number of fused-ring (bicyclic) bond motifs is 1. The second kappa shape index (κ2) is 9.02. The number of carbonyl (C=O) groups excluding carboxylic acids is 3. The molecule has 0 radical (unpaired) electrons. The van der Waals surface area contributed by atoms with E-state index in [1.807, 2.05) is 0 Å². The third-order valence-corrected chi connectivity index (χ3v) is 5.08. The van der Waals surface area contributed by atoms with Gasteiger partial charge in [-0.05, 0) is 60.5 Å². The molecule has 1 heterocycles. The number of halogens is 1. The van der Waals surface area contributed by atoms with Gasteiger partial charge in [0.2, 0.25) is 0 Å². The Labute approximate surface area is 184 Å². The SMILES string of the molecule is O=C(COc1ccc(Cl)cc1)Oc1ccc(CCN2C(=O)c3ccccc3C2=O)cc1. The van der Waals surface area contributed by atoms with Gasteiger partial charge >= 0.3 is 5.97 Å². The molecule has 0 bridgehead atoms. The molecule has 0 N–H and O–H groups in total. The fourth-order valence-corrected chi connectivity index (χ4v) is 3.37. The lowest BCUT2D eigenvalue weighted by Crippen LogP contribution is -2.31. The topological polar surface area (TPSA) is 72.9 Å². The van der Waals surface area contributed by atoms with Crippen molar-refractivity contribution >= 4 is 29.4 Å². The fraction of sp³-hybridized carbons (Fsp3) is 0.125. The van der Waals surface area contributed by atoms with Gasteiger partial charge in [0.15, 0.2) is 6.61 Å². The van der Waals surface area contributed by atoms with E-state index in [1.54, 1.807) is 72.8 Å². The van der Waals surface area contributed by atoms with Crippen LogP contribution in [0.25, 0.3) is 0 Å². The summed E-state index contributed by atoms with van der Waals surface area (Å²) >= 11 is 5.81. The standard InChI is InChI=1S/C24H18ClNO5/c25-17-7-11-18(12-8-17)30-15-22(27)31-19-9-5-16(6-10-19)13-14-26-23(28)20-3-1-2-4-21(20)24(26)29/h1-12H,13-15H2. The highest BCUT2D eigenvalue weighted by atomic mass is 35.5. The first-order chi connectivity index (χ1) is 15.0. The van der Waals surface area contributed by atoms with Crippen molar-refractivity contribution in [1.82, 2.24) is 4.90 Å². The van der Waals surface area contributed by atoms with E-state index in [0.717, 1.165) is 5.56 Å². The van der Waals surface area contributed by atoms with Crippen LogP contribution in [0.2, 0.25) is 5.02 Å². The van der Waals surface area contributed by atoms with Gasteiger partial charge in [0.1, 0.15) is 11.5 Å². The highest BCUT2D eigenvalue weighted by molar-refractivity contribution is 6.30. The average molecular weight is 436 g/mol. The highest BCUT2D eigenvalue weighted by Gasteiger charge is 2.34. The van der Waals surface area contributed by atoms with Crippen molar-refractivity contribution < 1.29 is 23.9 Å². The number of imide groups is 1. The van der Waals surface area contributed by atoms with Crippen LogP contribution in [-0.2, 0) is 11.2 Å². The van der Waals surface area contributed by atoms with Crippen molar-refractivity contribution in [3.8, 4) is 11.5 Å². The van der Waals surface area contributed by atoms with Crippen LogP contribution in [0.5, 0.6) is 11.5 Å². The molecule has 4 rings (SSSR count). The number of amides is 2. The minimum Gasteiger partial charge on any atom is -0.482 e. The van der Waals surface area contributed by atoms with Crippen LogP contribution in [-0.4, -0.2) is 35.8 Å². The van der Waals surface area contributed by atoms with E-state index in [-0.39, 0.29) is 25.0 Å². The van der Waals surface area contributed by atoms with Gasteiger partial charge in [0, 0.05) is 11.6 Å². The number of benzene rings is 3. The Morgan fingerprint density at radius 3 is 2.00 bits per heavy atom. The fourth-order valence-electron chi connectivity index (χ4n) is 3.24. The largest absolute Gasteiger partial charge is 0.482 e. The van der Waals surface area contributed by atoms with E-state index >= 15 is 0 Å². The Hall–Kier alpha value is -3.64. The zero-order chi connectivity index (χ0) is 21.8. The van der Waals surface area contributed by atoms with Crippen LogP contribution >= 0.6 is 11.6 Å². The van der Waals surface area contributed by atoms with E-state index < -0.39 is 5.97 Å². The minimum absolute atomic E-state index is 0.233. The molecule has 1 aliphatic rings. The van der Waals surface area contributed by atoms with Crippen molar-refractivity contribution in [2.24, 2.45) is 0 Å². The molecule has 0 aromatic heterocycles. The molecule has 0 saturated heterocycles. The van der Waals surface area contributed by atoms with E-state index in [4.69, 9.17) is 21.1 Å². The number of rotatable bonds is 7. The Kier molecular flexibility index (Phi) is 6.00. The molecule has 31 heavy (non-hydrogen) atoms. The second-order valence-corrected chi connectivity index (χ2v) is 7.35. The molecule has 0 saturated carbocycles. The first-order valence-electron chi connectivity index (χ1n) is 9.64. The number of carbonyl (C=O) groups is 3. The Balaban J connectivity index is 1.28. The first-order valence-corrected chi connectivity index (χ1v) is 10.0. The van der Waals surface area contributed by atoms with Crippen molar-refractivity contribution in [1.29, 1.82) is 0 Å². The summed E-state index contributed by atoms with van der Waals surface area (Å²) in [5.41, 5.74) is 1.79. The minimum atomic E-state index is -0.534. The third-order valence-electron chi connectivity index (χ3n) is 4.83. The summed E-state index contributed by atoms with van der Waals surface area (Å²) in [4.78, 5) is 38.0. The molecule has 0 spiro atoms. The number of esters is 1. The van der Waals surface area contributed by atoms with Gasteiger partial charge < -0.3 is 9.47 Å². The summed E-state index contributed by atoms with van der Waals surface area (Å²) in [7, 11) is 0. The van der Waals surface area contributed by atoms with Gasteiger partial charge in [-0.25, -0.2) is 4.79 Å². The summed E-state index contributed by atoms with van der Waals surface area (Å²) in [6, 6.07) is 20.4. The van der Waals surface area contributed by atoms with Gasteiger partial charge in [0.05, 0.1) is 11.1 Å². The lowest BCUT2D eigenvalue weighted by atomic mass is 10.1. The summed E-state index contributed by atoms with van der Waals surface area (Å²) in [6.07, 6.45) is 0.499. The molecule has 1 aliphatic heterocycles. The molecule has 0 atom stereocenters. The Morgan fingerprint density at radius 2 is 1.39 bits per heavy atom. The van der Waals surface area contributed by atoms with E-state index in [2.05, 4.69) is 0 Å². The third kappa shape index (κ3) is 4.75. The maximum absolute atomic E-state index is 12.4. The average Bonchev–Trinajstić information content (AvgIpc) is 3.03. The molecule has 0 unspecified atom stereocenters. The number of hydrogen-bond donors (Lipinski definition) is 0. The summed E-state index contributed by atoms with van der Waals surface area (Å²) in [6.45, 7) is 0.0452.